The zero-order valence-corrected chi connectivity index (χ0v) is 16.2. The summed E-state index contributed by atoms with van der Waals surface area (Å²) in [6.07, 6.45) is 0.835. The monoisotopic (exact) mass is 410 g/mol. The molecule has 1 aromatic carbocycles. The first kappa shape index (κ1) is 20.2. The normalized spacial score (nSPS) is 22.5. The van der Waals surface area contributed by atoms with E-state index in [1.165, 1.54) is 23.1 Å². The number of hydrogen-bond acceptors (Lipinski definition) is 6. The van der Waals surface area contributed by atoms with E-state index in [2.05, 4.69) is 5.32 Å². The summed E-state index contributed by atoms with van der Waals surface area (Å²) in [4.78, 5) is 35.6. The molecule has 1 aromatic rings. The van der Waals surface area contributed by atoms with Gasteiger partial charge >= 0.3 is 0 Å². The first-order chi connectivity index (χ1) is 13.2. The minimum atomic E-state index is -4.04. The molecule has 2 fully saturated rings. The molecular formula is C17H22N4O6S. The van der Waals surface area contributed by atoms with E-state index in [-0.39, 0.29) is 55.4 Å². The summed E-state index contributed by atoms with van der Waals surface area (Å²) >= 11 is 0. The number of nitrogens with zero attached hydrogens (tertiary/aromatic N) is 3. The van der Waals surface area contributed by atoms with Crippen molar-refractivity contribution < 1.29 is 22.9 Å². The largest absolute Gasteiger partial charge is 0.347 e. The topological polar surface area (TPSA) is 130 Å². The average molecular weight is 410 g/mol. The number of benzene rings is 1. The molecule has 1 aliphatic heterocycles. The van der Waals surface area contributed by atoms with Gasteiger partial charge in [-0.1, -0.05) is 19.1 Å². The van der Waals surface area contributed by atoms with Gasteiger partial charge in [0.15, 0.2) is 4.90 Å². The van der Waals surface area contributed by atoms with Crippen molar-refractivity contribution >= 4 is 27.5 Å². The molecule has 0 spiro atoms. The molecule has 1 saturated heterocycles. The van der Waals surface area contributed by atoms with E-state index in [0.717, 1.165) is 16.8 Å². The number of carbonyl (C=O) groups is 2. The predicted octanol–water partition coefficient (Wildman–Crippen LogP) is 0.200. The van der Waals surface area contributed by atoms with Crippen molar-refractivity contribution in [3.8, 4) is 0 Å². The standard InChI is InChI=1S/C17H22N4O6S/c1-12-10-13(12)17(23)18-11-16(22)19-6-8-20(9-7-19)28(26,27)15-5-3-2-4-14(15)21(24)25/h2-5,12-13H,6-11H2,1H3,(H,18,23)/t12-,13+/m0/s1. The van der Waals surface area contributed by atoms with E-state index in [0.29, 0.717) is 5.92 Å². The summed E-state index contributed by atoms with van der Waals surface area (Å²) in [7, 11) is -4.04. The molecule has 2 amide bonds. The smallest absolute Gasteiger partial charge is 0.289 e. The summed E-state index contributed by atoms with van der Waals surface area (Å²) in [5, 5.41) is 13.7. The Morgan fingerprint density at radius 3 is 2.39 bits per heavy atom. The van der Waals surface area contributed by atoms with Gasteiger partial charge in [-0.25, -0.2) is 8.42 Å². The highest BCUT2D eigenvalue weighted by Gasteiger charge is 2.39. The summed E-state index contributed by atoms with van der Waals surface area (Å²) in [6, 6.07) is 5.20. The van der Waals surface area contributed by atoms with Gasteiger partial charge in [-0.05, 0) is 18.4 Å². The van der Waals surface area contributed by atoms with Gasteiger partial charge in [-0.2, -0.15) is 4.31 Å². The Morgan fingerprint density at radius 2 is 1.82 bits per heavy atom. The van der Waals surface area contributed by atoms with Crippen LogP contribution in [0.1, 0.15) is 13.3 Å². The molecule has 0 unspecified atom stereocenters. The van der Waals surface area contributed by atoms with Gasteiger partial charge < -0.3 is 10.2 Å². The number of piperazine rings is 1. The minimum Gasteiger partial charge on any atom is -0.347 e. The van der Waals surface area contributed by atoms with E-state index in [4.69, 9.17) is 0 Å². The first-order valence-corrected chi connectivity index (χ1v) is 10.4. The SMILES string of the molecule is C[C@H]1C[C@H]1C(=O)NCC(=O)N1CCN(S(=O)(=O)c2ccccc2[N+](=O)[O-])CC1. The maximum absolute atomic E-state index is 12.8. The van der Waals surface area contributed by atoms with Gasteiger partial charge in [0, 0.05) is 38.2 Å². The maximum Gasteiger partial charge on any atom is 0.289 e. The van der Waals surface area contributed by atoms with Gasteiger partial charge in [0.1, 0.15) is 0 Å². The van der Waals surface area contributed by atoms with Crippen molar-refractivity contribution in [1.82, 2.24) is 14.5 Å². The van der Waals surface area contributed by atoms with Gasteiger partial charge in [-0.15, -0.1) is 0 Å². The maximum atomic E-state index is 12.8. The number of hydrogen-bond donors (Lipinski definition) is 1. The van der Waals surface area contributed by atoms with Gasteiger partial charge in [0.05, 0.1) is 11.5 Å². The molecule has 1 N–H and O–H groups in total. The average Bonchev–Trinajstić information content (AvgIpc) is 3.42. The number of amides is 2. The Hall–Kier alpha value is -2.53. The van der Waals surface area contributed by atoms with Crippen molar-refractivity contribution in [2.24, 2.45) is 11.8 Å². The molecule has 1 heterocycles. The zero-order valence-electron chi connectivity index (χ0n) is 15.4. The minimum absolute atomic E-state index is 0.0172. The fourth-order valence-corrected chi connectivity index (χ4v) is 4.82. The quantitative estimate of drug-likeness (QED) is 0.527. The molecule has 2 aliphatic rings. The molecule has 10 nitrogen and oxygen atoms in total. The van der Waals surface area contributed by atoms with Crippen LogP contribution in [0.2, 0.25) is 0 Å². The molecule has 0 bridgehead atoms. The molecule has 1 saturated carbocycles. The van der Waals surface area contributed by atoms with E-state index < -0.39 is 20.6 Å². The first-order valence-electron chi connectivity index (χ1n) is 9.01. The number of sulfonamides is 1. The number of nitro groups is 1. The van der Waals surface area contributed by atoms with Crippen LogP contribution < -0.4 is 5.32 Å². The number of nitrogens with one attached hydrogen (secondary N) is 1. The van der Waals surface area contributed by atoms with Crippen LogP contribution >= 0.6 is 0 Å². The van der Waals surface area contributed by atoms with Crippen LogP contribution in [0, 0.1) is 22.0 Å². The highest BCUT2D eigenvalue weighted by Crippen LogP contribution is 2.37. The van der Waals surface area contributed by atoms with Crippen LogP contribution in [-0.2, 0) is 19.6 Å². The number of rotatable bonds is 6. The Morgan fingerprint density at radius 1 is 1.21 bits per heavy atom. The molecule has 28 heavy (non-hydrogen) atoms. The van der Waals surface area contributed by atoms with Crippen LogP contribution in [0.25, 0.3) is 0 Å². The lowest BCUT2D eigenvalue weighted by molar-refractivity contribution is -0.387. The molecular weight excluding hydrogens is 388 g/mol. The second-order valence-corrected chi connectivity index (χ2v) is 8.95. The molecule has 0 aromatic heterocycles. The Kier molecular flexibility index (Phi) is 5.66. The summed E-state index contributed by atoms with van der Waals surface area (Å²) in [6.45, 7) is 2.26. The van der Waals surface area contributed by atoms with Crippen molar-refractivity contribution in [3.63, 3.8) is 0 Å². The van der Waals surface area contributed by atoms with Crippen molar-refractivity contribution in [2.75, 3.05) is 32.7 Å². The molecule has 3 rings (SSSR count). The molecule has 2 atom stereocenters. The lowest BCUT2D eigenvalue weighted by Gasteiger charge is -2.34. The van der Waals surface area contributed by atoms with E-state index >= 15 is 0 Å². The Balaban J connectivity index is 1.58. The summed E-state index contributed by atoms with van der Waals surface area (Å²) in [5.41, 5.74) is -0.474. The lowest BCUT2D eigenvalue weighted by atomic mass is 10.3. The van der Waals surface area contributed by atoms with Crippen molar-refractivity contribution in [3.05, 3.63) is 34.4 Å². The second-order valence-electron chi connectivity index (χ2n) is 7.05. The summed E-state index contributed by atoms with van der Waals surface area (Å²) < 4.78 is 26.7. The second kappa shape index (κ2) is 7.84. The molecule has 1 aliphatic carbocycles. The van der Waals surface area contributed by atoms with Crippen LogP contribution in [0.4, 0.5) is 5.69 Å². The number of para-hydroxylation sites is 1. The van der Waals surface area contributed by atoms with Gasteiger partial charge in [0.25, 0.3) is 5.69 Å². The van der Waals surface area contributed by atoms with Crippen molar-refractivity contribution in [2.45, 2.75) is 18.2 Å². The number of carbonyl (C=O) groups excluding carboxylic acids is 2. The highest BCUT2D eigenvalue weighted by molar-refractivity contribution is 7.89. The lowest BCUT2D eigenvalue weighted by Crippen LogP contribution is -2.52. The molecule has 0 radical (unpaired) electrons. The number of nitro benzene ring substituents is 1. The summed E-state index contributed by atoms with van der Waals surface area (Å²) in [5.74, 6) is -0.0646. The van der Waals surface area contributed by atoms with E-state index in [1.807, 2.05) is 6.92 Å². The van der Waals surface area contributed by atoms with Crippen LogP contribution in [-0.4, -0.2) is 67.1 Å². The van der Waals surface area contributed by atoms with Crippen LogP contribution in [0.15, 0.2) is 29.2 Å². The zero-order chi connectivity index (χ0) is 20.5. The van der Waals surface area contributed by atoms with Crippen molar-refractivity contribution in [1.29, 1.82) is 0 Å². The Labute approximate surface area is 162 Å². The fourth-order valence-electron chi connectivity index (χ4n) is 3.24. The van der Waals surface area contributed by atoms with E-state index in [9.17, 15) is 28.1 Å². The van der Waals surface area contributed by atoms with Gasteiger partial charge in [-0.3, -0.25) is 19.7 Å². The fraction of sp³-hybridized carbons (Fsp3) is 0.529. The third kappa shape index (κ3) is 4.14. The third-order valence-corrected chi connectivity index (χ3v) is 7.08. The van der Waals surface area contributed by atoms with E-state index in [1.54, 1.807) is 0 Å². The molecule has 11 heteroatoms. The Bertz CT molecular complexity index is 895. The highest BCUT2D eigenvalue weighted by atomic mass is 32.2. The van der Waals surface area contributed by atoms with Crippen LogP contribution in [0.3, 0.4) is 0 Å². The molecule has 152 valence electrons. The van der Waals surface area contributed by atoms with Crippen LogP contribution in [0.5, 0.6) is 0 Å². The third-order valence-electron chi connectivity index (χ3n) is 5.13. The predicted molar refractivity (Wildman–Crippen MR) is 98.7 cm³/mol. The van der Waals surface area contributed by atoms with Gasteiger partial charge in [0.2, 0.25) is 21.8 Å².